The minimum Gasteiger partial charge on any atom is -0.480 e. The molecule has 0 radical (unpaired) electrons. The molecule has 3 aromatic rings. The van der Waals surface area contributed by atoms with Crippen LogP contribution < -0.4 is 21.7 Å². The summed E-state index contributed by atoms with van der Waals surface area (Å²) < 4.78 is 0. The Bertz CT molecular complexity index is 1320. The van der Waals surface area contributed by atoms with Gasteiger partial charge in [0, 0.05) is 29.9 Å². The molecule has 6 unspecified atom stereocenters. The smallest absolute Gasteiger partial charge is 0.326 e. The van der Waals surface area contributed by atoms with Crippen molar-refractivity contribution in [3.05, 3.63) is 71.9 Å². The van der Waals surface area contributed by atoms with Gasteiger partial charge in [-0.05, 0) is 31.0 Å². The molecule has 0 fully saturated rings. The number of H-pyrrole nitrogens is 1. The van der Waals surface area contributed by atoms with Gasteiger partial charge in [0.25, 0.3) is 0 Å². The summed E-state index contributed by atoms with van der Waals surface area (Å²) in [6, 6.07) is 10.6. The van der Waals surface area contributed by atoms with E-state index in [1.165, 1.54) is 13.8 Å². The van der Waals surface area contributed by atoms with Crippen LogP contribution in [0.3, 0.4) is 0 Å². The van der Waals surface area contributed by atoms with Gasteiger partial charge < -0.3 is 42.0 Å². The minimum absolute atomic E-state index is 0.00593. The average molecular weight is 554 g/mol. The Balaban J connectivity index is 1.80. The summed E-state index contributed by atoms with van der Waals surface area (Å²) in [4.78, 5) is 54.1. The third kappa shape index (κ3) is 7.88. The maximum atomic E-state index is 13.4. The van der Waals surface area contributed by atoms with Crippen molar-refractivity contribution in [3.63, 3.8) is 0 Å². The Morgan fingerprint density at radius 3 is 2.05 bits per heavy atom. The van der Waals surface area contributed by atoms with E-state index in [4.69, 9.17) is 5.73 Å². The number of fused-ring (bicyclic) bond motifs is 1. The van der Waals surface area contributed by atoms with Crippen molar-refractivity contribution in [2.45, 2.75) is 63.1 Å². The highest BCUT2D eigenvalue weighted by molar-refractivity contribution is 5.95. The third-order valence-corrected chi connectivity index (χ3v) is 6.51. The van der Waals surface area contributed by atoms with Gasteiger partial charge in [0.2, 0.25) is 17.7 Å². The number of carboxylic acid groups (broad SMARTS) is 1. The molecule has 0 aliphatic carbocycles. The van der Waals surface area contributed by atoms with Crippen LogP contribution in [0.25, 0.3) is 10.9 Å². The fourth-order valence-corrected chi connectivity index (χ4v) is 4.19. The lowest BCUT2D eigenvalue weighted by Crippen LogP contribution is -2.61. The van der Waals surface area contributed by atoms with Crippen LogP contribution in [-0.2, 0) is 32.0 Å². The van der Waals surface area contributed by atoms with E-state index < -0.39 is 60.1 Å². The summed E-state index contributed by atoms with van der Waals surface area (Å²) in [5.74, 6) is -3.80. The first-order valence-electron chi connectivity index (χ1n) is 12.8. The van der Waals surface area contributed by atoms with Crippen molar-refractivity contribution < 1.29 is 34.5 Å². The fourth-order valence-electron chi connectivity index (χ4n) is 4.19. The van der Waals surface area contributed by atoms with E-state index in [9.17, 15) is 34.5 Å². The highest BCUT2D eigenvalue weighted by Crippen LogP contribution is 2.19. The standard InChI is InChI=1S/C28H35N5O7/c1-15(34)23(29)26(37)31-21(13-18-14-30-20-11-7-6-10-19(18)20)25(36)33-24(16(2)35)27(38)32-22(28(39)40)12-17-8-4-3-5-9-17/h3-11,14-16,21-24,30,34-35H,12-13,29H2,1-2H3,(H,31,37)(H,32,38)(H,33,36)(H,39,40). The van der Waals surface area contributed by atoms with Gasteiger partial charge in [-0.3, -0.25) is 14.4 Å². The van der Waals surface area contributed by atoms with Crippen LogP contribution >= 0.6 is 0 Å². The third-order valence-electron chi connectivity index (χ3n) is 6.51. The topological polar surface area (TPSA) is 207 Å². The number of aliphatic hydroxyl groups is 2. The number of para-hydroxylation sites is 1. The molecule has 12 nitrogen and oxygen atoms in total. The molecule has 0 spiro atoms. The Morgan fingerprint density at radius 2 is 1.43 bits per heavy atom. The Hall–Kier alpha value is -4.26. The summed E-state index contributed by atoms with van der Waals surface area (Å²) in [6.45, 7) is 2.61. The summed E-state index contributed by atoms with van der Waals surface area (Å²) >= 11 is 0. The van der Waals surface area contributed by atoms with E-state index in [-0.39, 0.29) is 12.8 Å². The van der Waals surface area contributed by atoms with Crippen molar-refractivity contribution >= 4 is 34.6 Å². The zero-order valence-corrected chi connectivity index (χ0v) is 22.2. The Kier molecular flexibility index (Phi) is 10.4. The first kappa shape index (κ1) is 30.3. The van der Waals surface area contributed by atoms with E-state index in [1.54, 1.807) is 36.5 Å². The van der Waals surface area contributed by atoms with Gasteiger partial charge in [0.15, 0.2) is 0 Å². The number of carbonyl (C=O) groups excluding carboxylic acids is 3. The molecular weight excluding hydrogens is 518 g/mol. The number of nitrogens with two attached hydrogens (primary N) is 1. The van der Waals surface area contributed by atoms with Gasteiger partial charge in [-0.25, -0.2) is 4.79 Å². The number of nitrogens with one attached hydrogen (secondary N) is 4. The number of hydrogen-bond donors (Lipinski definition) is 8. The molecule has 0 saturated carbocycles. The molecule has 0 saturated heterocycles. The van der Waals surface area contributed by atoms with Crippen LogP contribution in [0.4, 0.5) is 0 Å². The Labute approximate surface area is 231 Å². The molecule has 40 heavy (non-hydrogen) atoms. The lowest BCUT2D eigenvalue weighted by atomic mass is 10.0. The van der Waals surface area contributed by atoms with Gasteiger partial charge in [-0.1, -0.05) is 48.5 Å². The fraction of sp³-hybridized carbons (Fsp3) is 0.357. The molecule has 1 aromatic heterocycles. The molecule has 0 aliphatic heterocycles. The second kappa shape index (κ2) is 13.7. The number of rotatable bonds is 13. The molecule has 0 aliphatic rings. The average Bonchev–Trinajstić information content (AvgIpc) is 3.33. The highest BCUT2D eigenvalue weighted by Gasteiger charge is 2.33. The van der Waals surface area contributed by atoms with Gasteiger partial charge in [-0.2, -0.15) is 0 Å². The number of aromatic nitrogens is 1. The second-order valence-corrected chi connectivity index (χ2v) is 9.71. The van der Waals surface area contributed by atoms with Gasteiger partial charge >= 0.3 is 5.97 Å². The number of benzene rings is 2. The van der Waals surface area contributed by atoms with Crippen LogP contribution in [0.15, 0.2) is 60.8 Å². The van der Waals surface area contributed by atoms with Crippen molar-refractivity contribution in [2.24, 2.45) is 5.73 Å². The van der Waals surface area contributed by atoms with E-state index in [0.29, 0.717) is 11.1 Å². The van der Waals surface area contributed by atoms with E-state index in [0.717, 1.165) is 10.9 Å². The number of aliphatic carboxylic acids is 1. The maximum Gasteiger partial charge on any atom is 0.326 e. The SMILES string of the molecule is CC(O)C(N)C(=O)NC(Cc1c[nH]c2ccccc12)C(=O)NC(C(=O)NC(Cc1ccccc1)C(=O)O)C(C)O. The summed E-state index contributed by atoms with van der Waals surface area (Å²) in [7, 11) is 0. The quantitative estimate of drug-likeness (QED) is 0.139. The lowest BCUT2D eigenvalue weighted by molar-refractivity contribution is -0.143. The molecule has 214 valence electrons. The monoisotopic (exact) mass is 553 g/mol. The summed E-state index contributed by atoms with van der Waals surface area (Å²) in [5.41, 5.74) is 7.92. The minimum atomic E-state index is -1.53. The molecule has 1 heterocycles. The molecular formula is C28H35N5O7. The molecule has 2 aromatic carbocycles. The predicted molar refractivity (Wildman–Crippen MR) is 147 cm³/mol. The largest absolute Gasteiger partial charge is 0.480 e. The van der Waals surface area contributed by atoms with Gasteiger partial charge in [-0.15, -0.1) is 0 Å². The first-order valence-corrected chi connectivity index (χ1v) is 12.8. The molecule has 6 atom stereocenters. The van der Waals surface area contributed by atoms with Crippen molar-refractivity contribution in [3.8, 4) is 0 Å². The molecule has 9 N–H and O–H groups in total. The maximum absolute atomic E-state index is 13.4. The molecule has 0 bridgehead atoms. The van der Waals surface area contributed by atoms with Crippen LogP contribution in [0.2, 0.25) is 0 Å². The zero-order chi connectivity index (χ0) is 29.4. The van der Waals surface area contributed by atoms with E-state index in [2.05, 4.69) is 20.9 Å². The summed E-state index contributed by atoms with van der Waals surface area (Å²) in [6.07, 6.45) is -0.928. The molecule has 3 amide bonds. The van der Waals surface area contributed by atoms with Crippen LogP contribution in [0.5, 0.6) is 0 Å². The normalized spacial score (nSPS) is 15.7. The number of carbonyl (C=O) groups is 4. The molecule has 12 heteroatoms. The van der Waals surface area contributed by atoms with Gasteiger partial charge in [0.1, 0.15) is 24.2 Å². The van der Waals surface area contributed by atoms with E-state index in [1.807, 2.05) is 24.3 Å². The molecule has 3 rings (SSSR count). The first-order chi connectivity index (χ1) is 19.0. The predicted octanol–water partition coefficient (Wildman–Crippen LogP) is -0.419. The number of hydrogen-bond acceptors (Lipinski definition) is 7. The second-order valence-electron chi connectivity index (χ2n) is 9.71. The van der Waals surface area contributed by atoms with Crippen LogP contribution in [0, 0.1) is 0 Å². The number of aliphatic hydroxyl groups excluding tert-OH is 2. The highest BCUT2D eigenvalue weighted by atomic mass is 16.4. The number of amides is 3. The van der Waals surface area contributed by atoms with E-state index >= 15 is 0 Å². The van der Waals surface area contributed by atoms with Crippen LogP contribution in [0.1, 0.15) is 25.0 Å². The van der Waals surface area contributed by atoms with Gasteiger partial charge in [0.05, 0.1) is 12.2 Å². The van der Waals surface area contributed by atoms with Crippen molar-refractivity contribution in [2.75, 3.05) is 0 Å². The van der Waals surface area contributed by atoms with Crippen molar-refractivity contribution in [1.29, 1.82) is 0 Å². The lowest BCUT2D eigenvalue weighted by Gasteiger charge is -2.27. The zero-order valence-electron chi connectivity index (χ0n) is 22.2. The Morgan fingerprint density at radius 1 is 0.800 bits per heavy atom. The number of aromatic amines is 1. The number of carboxylic acids is 1. The summed E-state index contributed by atoms with van der Waals surface area (Å²) in [5, 5.41) is 37.9. The van der Waals surface area contributed by atoms with Crippen LogP contribution in [-0.4, -0.2) is 80.4 Å². The van der Waals surface area contributed by atoms with Crippen molar-refractivity contribution in [1.82, 2.24) is 20.9 Å².